The minimum absolute atomic E-state index is 0.0416. The van der Waals surface area contributed by atoms with Crippen LogP contribution in [0.25, 0.3) is 17.7 Å². The quantitative estimate of drug-likeness (QED) is 0.386. The number of H-pyrrole nitrogens is 1. The highest BCUT2D eigenvalue weighted by Gasteiger charge is 2.34. The Morgan fingerprint density at radius 2 is 1.94 bits per heavy atom. The summed E-state index contributed by atoms with van der Waals surface area (Å²) >= 11 is 0. The molecule has 5 rings (SSSR count). The second-order valence-electron chi connectivity index (χ2n) is 9.40. The first-order valence-electron chi connectivity index (χ1n) is 12.7. The first kappa shape index (κ1) is 23.9. The zero-order chi connectivity index (χ0) is 24.9. The Morgan fingerprint density at radius 1 is 1.14 bits per heavy atom. The van der Waals surface area contributed by atoms with Gasteiger partial charge < -0.3 is 20.6 Å². The van der Waals surface area contributed by atoms with Gasteiger partial charge in [0, 0.05) is 25.7 Å². The Balaban J connectivity index is 1.53. The highest BCUT2D eigenvalue weighted by atomic mass is 16.3. The summed E-state index contributed by atoms with van der Waals surface area (Å²) in [6, 6.07) is 17.1. The molecule has 2 aliphatic rings. The number of hydrogen-bond acceptors (Lipinski definition) is 5. The zero-order valence-corrected chi connectivity index (χ0v) is 20.6. The molecular weight excluding hydrogens is 450 g/mol. The number of benzene rings is 2. The standard InChI is InChI=1S/C29H33N5O2/c1-2-3-9-22-19-30-16-17-34(22)29(36)24-18-26(21-11-13-23(35)14-12-21)31-28-27(24)25(32-33-28)15-10-20-7-5-4-6-8-20/h4-8,10-15,18,22,26,30,35H,2-3,9,16-17,19H2,1H3,(H2,31,32,33)/b15-10+/t22-,26?/m1/s1. The summed E-state index contributed by atoms with van der Waals surface area (Å²) in [6.45, 7) is 4.48. The summed E-state index contributed by atoms with van der Waals surface area (Å²) in [5, 5.41) is 24.4. The second-order valence-corrected chi connectivity index (χ2v) is 9.40. The van der Waals surface area contributed by atoms with Crippen molar-refractivity contribution in [1.29, 1.82) is 0 Å². The summed E-state index contributed by atoms with van der Waals surface area (Å²) in [4.78, 5) is 16.2. The molecule has 2 atom stereocenters. The topological polar surface area (TPSA) is 93.3 Å². The number of hydrogen-bond donors (Lipinski definition) is 4. The Bertz CT molecular complexity index is 1250. The molecule has 0 radical (unpaired) electrons. The van der Waals surface area contributed by atoms with Gasteiger partial charge in [0.05, 0.1) is 22.9 Å². The number of amides is 1. The lowest BCUT2D eigenvalue weighted by molar-refractivity contribution is -0.128. The molecule has 4 N–H and O–H groups in total. The number of unbranched alkanes of at least 4 members (excludes halogenated alkanes) is 1. The molecule has 1 unspecified atom stereocenters. The summed E-state index contributed by atoms with van der Waals surface area (Å²) < 4.78 is 0. The van der Waals surface area contributed by atoms with Crippen molar-refractivity contribution in [3.05, 3.63) is 83.1 Å². The Morgan fingerprint density at radius 3 is 2.72 bits per heavy atom. The lowest BCUT2D eigenvalue weighted by Crippen LogP contribution is -2.53. The minimum Gasteiger partial charge on any atom is -0.508 e. The van der Waals surface area contributed by atoms with Gasteiger partial charge in [-0.3, -0.25) is 9.89 Å². The molecule has 1 saturated heterocycles. The van der Waals surface area contributed by atoms with Gasteiger partial charge in [0.15, 0.2) is 0 Å². The Kier molecular flexibility index (Phi) is 7.18. The number of anilines is 1. The fourth-order valence-electron chi connectivity index (χ4n) is 4.96. The van der Waals surface area contributed by atoms with Gasteiger partial charge >= 0.3 is 0 Å². The number of aromatic hydroxyl groups is 1. The van der Waals surface area contributed by atoms with Gasteiger partial charge in [-0.05, 0) is 41.8 Å². The molecule has 0 bridgehead atoms. The van der Waals surface area contributed by atoms with Crippen molar-refractivity contribution in [3.8, 4) is 5.75 Å². The van der Waals surface area contributed by atoms with Crippen LogP contribution in [0.3, 0.4) is 0 Å². The largest absolute Gasteiger partial charge is 0.508 e. The highest BCUT2D eigenvalue weighted by molar-refractivity contribution is 6.22. The van der Waals surface area contributed by atoms with Gasteiger partial charge in [0.1, 0.15) is 11.6 Å². The highest BCUT2D eigenvalue weighted by Crippen LogP contribution is 2.38. The van der Waals surface area contributed by atoms with E-state index in [1.807, 2.05) is 65.6 Å². The van der Waals surface area contributed by atoms with Crippen molar-refractivity contribution < 1.29 is 9.90 Å². The number of rotatable bonds is 7. The molecule has 3 heterocycles. The number of nitrogens with one attached hydrogen (secondary N) is 3. The molecule has 3 aromatic rings. The van der Waals surface area contributed by atoms with E-state index in [2.05, 4.69) is 27.8 Å². The predicted octanol–water partition coefficient (Wildman–Crippen LogP) is 4.83. The normalized spacial score (nSPS) is 19.6. The molecule has 186 valence electrons. The van der Waals surface area contributed by atoms with E-state index in [-0.39, 0.29) is 23.7 Å². The van der Waals surface area contributed by atoms with Gasteiger partial charge in [-0.2, -0.15) is 5.10 Å². The molecule has 0 aliphatic carbocycles. The maximum Gasteiger partial charge on any atom is 0.254 e. The van der Waals surface area contributed by atoms with Crippen LogP contribution in [0.4, 0.5) is 5.82 Å². The van der Waals surface area contributed by atoms with E-state index in [4.69, 9.17) is 0 Å². The number of nitrogens with zero attached hydrogens (tertiary/aromatic N) is 2. The zero-order valence-electron chi connectivity index (χ0n) is 20.6. The van der Waals surface area contributed by atoms with E-state index in [1.54, 1.807) is 12.1 Å². The van der Waals surface area contributed by atoms with E-state index in [0.29, 0.717) is 12.1 Å². The van der Waals surface area contributed by atoms with Crippen LogP contribution in [-0.4, -0.2) is 51.8 Å². The number of carbonyl (C=O) groups is 1. The third-order valence-corrected chi connectivity index (χ3v) is 6.91. The van der Waals surface area contributed by atoms with Gasteiger partial charge in [-0.1, -0.05) is 68.3 Å². The van der Waals surface area contributed by atoms with Crippen molar-refractivity contribution in [2.45, 2.75) is 38.3 Å². The van der Waals surface area contributed by atoms with Crippen molar-refractivity contribution in [3.63, 3.8) is 0 Å². The van der Waals surface area contributed by atoms with Crippen LogP contribution in [-0.2, 0) is 4.79 Å². The lowest BCUT2D eigenvalue weighted by atomic mass is 9.93. The van der Waals surface area contributed by atoms with Crippen LogP contribution in [0.1, 0.15) is 54.6 Å². The van der Waals surface area contributed by atoms with Crippen molar-refractivity contribution in [2.75, 3.05) is 25.0 Å². The number of piperazine rings is 1. The summed E-state index contributed by atoms with van der Waals surface area (Å²) in [5.41, 5.74) is 4.22. The summed E-state index contributed by atoms with van der Waals surface area (Å²) in [7, 11) is 0. The van der Waals surface area contributed by atoms with E-state index < -0.39 is 0 Å². The fourth-order valence-corrected chi connectivity index (χ4v) is 4.96. The number of aromatic nitrogens is 2. The average molecular weight is 484 g/mol. The summed E-state index contributed by atoms with van der Waals surface area (Å²) in [6.07, 6.45) is 9.16. The van der Waals surface area contributed by atoms with Crippen LogP contribution in [0, 0.1) is 0 Å². The van der Waals surface area contributed by atoms with Crippen LogP contribution >= 0.6 is 0 Å². The van der Waals surface area contributed by atoms with Crippen molar-refractivity contribution >= 4 is 29.5 Å². The molecule has 0 saturated carbocycles. The SMILES string of the molecule is CCCC[C@@H]1CNCCN1C(=O)C1=CC(c2ccc(O)cc2)Nc2[nH]nc(/C=C/c3ccccc3)c21. The average Bonchev–Trinajstić information content (AvgIpc) is 3.34. The molecule has 7 nitrogen and oxygen atoms in total. The molecule has 1 fully saturated rings. The molecule has 1 amide bonds. The molecule has 2 aliphatic heterocycles. The van der Waals surface area contributed by atoms with Gasteiger partial charge in [0.25, 0.3) is 5.91 Å². The number of carbonyl (C=O) groups excluding carboxylic acids is 1. The second kappa shape index (κ2) is 10.8. The molecule has 0 spiro atoms. The first-order valence-corrected chi connectivity index (χ1v) is 12.7. The van der Waals surface area contributed by atoms with E-state index in [9.17, 15) is 9.90 Å². The first-order chi connectivity index (χ1) is 17.6. The summed E-state index contributed by atoms with van der Waals surface area (Å²) in [5.74, 6) is 0.983. The maximum absolute atomic E-state index is 14.1. The molecule has 1 aromatic heterocycles. The van der Waals surface area contributed by atoms with E-state index in [0.717, 1.165) is 60.6 Å². The molecular formula is C29H33N5O2. The molecule has 2 aromatic carbocycles. The van der Waals surface area contributed by atoms with Gasteiger partial charge in [-0.25, -0.2) is 0 Å². The van der Waals surface area contributed by atoms with E-state index in [1.165, 1.54) is 0 Å². The Labute approximate surface area is 211 Å². The third-order valence-electron chi connectivity index (χ3n) is 6.91. The molecule has 36 heavy (non-hydrogen) atoms. The maximum atomic E-state index is 14.1. The monoisotopic (exact) mass is 483 g/mol. The van der Waals surface area contributed by atoms with Crippen LogP contribution < -0.4 is 10.6 Å². The number of phenols is 1. The van der Waals surface area contributed by atoms with E-state index >= 15 is 0 Å². The Hall–Kier alpha value is -3.84. The van der Waals surface area contributed by atoms with Crippen molar-refractivity contribution in [1.82, 2.24) is 20.4 Å². The van der Waals surface area contributed by atoms with Gasteiger partial charge in [0.2, 0.25) is 0 Å². The number of aromatic amines is 1. The van der Waals surface area contributed by atoms with Crippen molar-refractivity contribution in [2.24, 2.45) is 0 Å². The lowest BCUT2D eigenvalue weighted by Gasteiger charge is -2.38. The number of phenolic OH excluding ortho intramolecular Hbond substituents is 1. The molecule has 7 heteroatoms. The predicted molar refractivity (Wildman–Crippen MR) is 144 cm³/mol. The third kappa shape index (κ3) is 5.06. The number of fused-ring (bicyclic) bond motifs is 1. The fraction of sp³-hybridized carbons (Fsp3) is 0.310. The van der Waals surface area contributed by atoms with Crippen LogP contribution in [0.5, 0.6) is 5.75 Å². The minimum atomic E-state index is -0.222. The van der Waals surface area contributed by atoms with Crippen LogP contribution in [0.2, 0.25) is 0 Å². The van der Waals surface area contributed by atoms with Crippen LogP contribution in [0.15, 0.2) is 60.7 Å². The smallest absolute Gasteiger partial charge is 0.254 e. The van der Waals surface area contributed by atoms with Gasteiger partial charge in [-0.15, -0.1) is 0 Å².